The van der Waals surface area contributed by atoms with E-state index in [-0.39, 0.29) is 11.8 Å². The third kappa shape index (κ3) is 6.30. The molecule has 132 valence electrons. The Bertz CT molecular complexity index is 707. The quantitative estimate of drug-likeness (QED) is 0.708. The molecule has 0 radical (unpaired) electrons. The molecule has 0 atom stereocenters. The molecule has 25 heavy (non-hydrogen) atoms. The molecular formula is C20H25N3O2. The van der Waals surface area contributed by atoms with Gasteiger partial charge in [-0.15, -0.1) is 0 Å². The average molecular weight is 339 g/mol. The molecule has 0 saturated heterocycles. The first-order valence-corrected chi connectivity index (χ1v) is 8.45. The molecule has 0 aliphatic heterocycles. The van der Waals surface area contributed by atoms with E-state index in [4.69, 9.17) is 0 Å². The second-order valence-corrected chi connectivity index (χ2v) is 6.26. The van der Waals surface area contributed by atoms with Crippen LogP contribution in [0.1, 0.15) is 38.7 Å². The molecular weight excluding hydrogens is 314 g/mol. The van der Waals surface area contributed by atoms with E-state index in [0.717, 1.165) is 17.1 Å². The van der Waals surface area contributed by atoms with E-state index in [2.05, 4.69) is 29.8 Å². The highest BCUT2D eigenvalue weighted by Crippen LogP contribution is 2.17. The largest absolute Gasteiger partial charge is 0.385 e. The third-order valence-electron chi connectivity index (χ3n) is 3.75. The lowest BCUT2D eigenvalue weighted by Gasteiger charge is -2.10. The van der Waals surface area contributed by atoms with Crippen LogP contribution in [0.5, 0.6) is 0 Å². The van der Waals surface area contributed by atoms with Gasteiger partial charge in [0.05, 0.1) is 0 Å². The van der Waals surface area contributed by atoms with Crippen molar-refractivity contribution in [2.75, 3.05) is 22.5 Å². The Labute approximate surface area is 148 Å². The predicted molar refractivity (Wildman–Crippen MR) is 103 cm³/mol. The molecule has 0 saturated carbocycles. The highest BCUT2D eigenvalue weighted by Gasteiger charge is 2.04. The van der Waals surface area contributed by atoms with Gasteiger partial charge in [0, 0.05) is 37.0 Å². The SMILES string of the molecule is CC(=O)Nc1ccc(NCCC(=O)Nc2ccc(C(C)C)cc2)cc1. The number of rotatable bonds is 7. The fraction of sp³-hybridized carbons (Fsp3) is 0.300. The summed E-state index contributed by atoms with van der Waals surface area (Å²) in [5.41, 5.74) is 3.72. The van der Waals surface area contributed by atoms with Gasteiger partial charge in [-0.05, 0) is 47.9 Å². The van der Waals surface area contributed by atoms with Crippen LogP contribution in [0, 0.1) is 0 Å². The van der Waals surface area contributed by atoms with Gasteiger partial charge in [-0.2, -0.15) is 0 Å². The number of carbonyl (C=O) groups excluding carboxylic acids is 2. The fourth-order valence-electron chi connectivity index (χ4n) is 2.37. The number of carbonyl (C=O) groups is 2. The topological polar surface area (TPSA) is 70.2 Å². The minimum absolute atomic E-state index is 0.0281. The lowest BCUT2D eigenvalue weighted by atomic mass is 10.0. The van der Waals surface area contributed by atoms with Gasteiger partial charge in [0.15, 0.2) is 0 Å². The zero-order valence-electron chi connectivity index (χ0n) is 14.9. The van der Waals surface area contributed by atoms with Crippen molar-refractivity contribution in [3.8, 4) is 0 Å². The van der Waals surface area contributed by atoms with Crippen LogP contribution in [0.2, 0.25) is 0 Å². The number of benzene rings is 2. The van der Waals surface area contributed by atoms with Gasteiger partial charge in [0.25, 0.3) is 0 Å². The summed E-state index contributed by atoms with van der Waals surface area (Å²) < 4.78 is 0. The van der Waals surface area contributed by atoms with Crippen LogP contribution >= 0.6 is 0 Å². The Balaban J connectivity index is 1.75. The van der Waals surface area contributed by atoms with Crippen molar-refractivity contribution in [1.82, 2.24) is 0 Å². The molecule has 0 aliphatic carbocycles. The molecule has 0 spiro atoms. The smallest absolute Gasteiger partial charge is 0.226 e. The molecule has 0 heterocycles. The lowest BCUT2D eigenvalue weighted by Crippen LogP contribution is -2.16. The minimum Gasteiger partial charge on any atom is -0.385 e. The van der Waals surface area contributed by atoms with Crippen molar-refractivity contribution < 1.29 is 9.59 Å². The van der Waals surface area contributed by atoms with E-state index in [9.17, 15) is 9.59 Å². The molecule has 2 amide bonds. The first-order chi connectivity index (χ1) is 11.9. The van der Waals surface area contributed by atoms with Crippen LogP contribution in [0.15, 0.2) is 48.5 Å². The Hall–Kier alpha value is -2.82. The normalized spacial score (nSPS) is 10.4. The van der Waals surface area contributed by atoms with Gasteiger partial charge in [-0.1, -0.05) is 26.0 Å². The lowest BCUT2D eigenvalue weighted by molar-refractivity contribution is -0.116. The van der Waals surface area contributed by atoms with E-state index in [1.807, 2.05) is 48.5 Å². The highest BCUT2D eigenvalue weighted by molar-refractivity contribution is 5.91. The first kappa shape index (κ1) is 18.5. The average Bonchev–Trinajstić information content (AvgIpc) is 2.56. The van der Waals surface area contributed by atoms with Crippen molar-refractivity contribution in [3.63, 3.8) is 0 Å². The summed E-state index contributed by atoms with van der Waals surface area (Å²) in [4.78, 5) is 23.0. The maximum atomic E-state index is 12.0. The molecule has 0 bridgehead atoms. The van der Waals surface area contributed by atoms with Crippen LogP contribution < -0.4 is 16.0 Å². The van der Waals surface area contributed by atoms with E-state index in [1.54, 1.807) is 0 Å². The van der Waals surface area contributed by atoms with Gasteiger partial charge in [-0.25, -0.2) is 0 Å². The molecule has 0 aliphatic rings. The standard InChI is InChI=1S/C20H25N3O2/c1-14(2)16-4-6-19(7-5-16)23-20(25)12-13-21-17-8-10-18(11-9-17)22-15(3)24/h4-11,14,21H,12-13H2,1-3H3,(H,22,24)(H,23,25). The summed E-state index contributed by atoms with van der Waals surface area (Å²) in [7, 11) is 0. The second kappa shape index (κ2) is 8.87. The third-order valence-corrected chi connectivity index (χ3v) is 3.75. The molecule has 0 unspecified atom stereocenters. The van der Waals surface area contributed by atoms with Crippen LogP contribution in [-0.2, 0) is 9.59 Å². The van der Waals surface area contributed by atoms with E-state index in [0.29, 0.717) is 18.9 Å². The monoisotopic (exact) mass is 339 g/mol. The number of nitrogens with one attached hydrogen (secondary N) is 3. The van der Waals surface area contributed by atoms with Gasteiger partial charge in [0.2, 0.25) is 11.8 Å². The minimum atomic E-state index is -0.0983. The van der Waals surface area contributed by atoms with Crippen LogP contribution in [0.3, 0.4) is 0 Å². The van der Waals surface area contributed by atoms with Crippen molar-refractivity contribution in [1.29, 1.82) is 0 Å². The van der Waals surface area contributed by atoms with Crippen molar-refractivity contribution >= 4 is 28.9 Å². The molecule has 2 rings (SSSR count). The van der Waals surface area contributed by atoms with Crippen LogP contribution in [0.4, 0.5) is 17.1 Å². The van der Waals surface area contributed by atoms with Gasteiger partial charge < -0.3 is 16.0 Å². The summed E-state index contributed by atoms with van der Waals surface area (Å²) >= 11 is 0. The number of hydrogen-bond acceptors (Lipinski definition) is 3. The predicted octanol–water partition coefficient (Wildman–Crippen LogP) is 4.21. The molecule has 0 aromatic heterocycles. The fourth-order valence-corrected chi connectivity index (χ4v) is 2.37. The molecule has 5 heteroatoms. The summed E-state index contributed by atoms with van der Waals surface area (Å²) in [6, 6.07) is 15.3. The number of hydrogen-bond donors (Lipinski definition) is 3. The highest BCUT2D eigenvalue weighted by atomic mass is 16.2. The first-order valence-electron chi connectivity index (χ1n) is 8.45. The Morgan fingerprint density at radius 1 is 0.840 bits per heavy atom. The van der Waals surface area contributed by atoms with E-state index >= 15 is 0 Å². The number of anilines is 3. The molecule has 3 N–H and O–H groups in total. The van der Waals surface area contributed by atoms with Gasteiger partial charge >= 0.3 is 0 Å². The maximum absolute atomic E-state index is 12.0. The van der Waals surface area contributed by atoms with E-state index < -0.39 is 0 Å². The molecule has 0 fully saturated rings. The Kier molecular flexibility index (Phi) is 6.57. The van der Waals surface area contributed by atoms with E-state index in [1.165, 1.54) is 12.5 Å². The molecule has 2 aromatic carbocycles. The molecule has 2 aromatic rings. The second-order valence-electron chi connectivity index (χ2n) is 6.26. The van der Waals surface area contributed by atoms with Crippen molar-refractivity contribution in [2.45, 2.75) is 33.1 Å². The Morgan fingerprint density at radius 3 is 1.92 bits per heavy atom. The van der Waals surface area contributed by atoms with Gasteiger partial charge in [0.1, 0.15) is 0 Å². The summed E-state index contributed by atoms with van der Waals surface area (Å²) in [5.74, 6) is 0.351. The van der Waals surface area contributed by atoms with Crippen LogP contribution in [0.25, 0.3) is 0 Å². The zero-order valence-corrected chi connectivity index (χ0v) is 14.9. The van der Waals surface area contributed by atoms with Gasteiger partial charge in [-0.3, -0.25) is 9.59 Å². The molecule has 5 nitrogen and oxygen atoms in total. The Morgan fingerprint density at radius 2 is 1.36 bits per heavy atom. The van der Waals surface area contributed by atoms with Crippen LogP contribution in [-0.4, -0.2) is 18.4 Å². The van der Waals surface area contributed by atoms with Crippen molar-refractivity contribution in [2.24, 2.45) is 0 Å². The maximum Gasteiger partial charge on any atom is 0.226 e. The summed E-state index contributed by atoms with van der Waals surface area (Å²) in [5, 5.41) is 8.80. The zero-order chi connectivity index (χ0) is 18.2. The van der Waals surface area contributed by atoms with Crippen molar-refractivity contribution in [3.05, 3.63) is 54.1 Å². The number of amides is 2. The summed E-state index contributed by atoms with van der Waals surface area (Å²) in [6.45, 7) is 6.29. The summed E-state index contributed by atoms with van der Waals surface area (Å²) in [6.07, 6.45) is 0.374.